The fourth-order valence-corrected chi connectivity index (χ4v) is 5.65. The molecule has 0 atom stereocenters. The van der Waals surface area contributed by atoms with E-state index in [1.54, 1.807) is 12.1 Å². The number of benzene rings is 1. The van der Waals surface area contributed by atoms with E-state index in [1.807, 2.05) is 0 Å². The zero-order valence-electron chi connectivity index (χ0n) is 18.1. The van der Waals surface area contributed by atoms with E-state index in [0.717, 1.165) is 36.2 Å². The van der Waals surface area contributed by atoms with Gasteiger partial charge in [-0.2, -0.15) is 0 Å². The number of hydrogen-bond donors (Lipinski definition) is 0. The first kappa shape index (κ1) is 21.8. The average Bonchev–Trinajstić information content (AvgIpc) is 2.71. The fraction of sp³-hybridized carbons (Fsp3) is 0.769. The maximum absolute atomic E-state index is 13.9. The van der Waals surface area contributed by atoms with E-state index < -0.39 is 0 Å². The molecule has 2 aliphatic carbocycles. The Morgan fingerprint density at radius 1 is 0.714 bits per heavy atom. The first-order valence-corrected chi connectivity index (χ1v) is 12.0. The highest BCUT2D eigenvalue weighted by Gasteiger charge is 2.26. The first-order valence-electron chi connectivity index (χ1n) is 12.0. The SMILES string of the molecule is CCCCCC1CCC(CCC2CCC(c3cc(F)c(C)c(F)c3)CC2)CC1. The third kappa shape index (κ3) is 6.04. The van der Waals surface area contributed by atoms with Crippen LogP contribution in [0.4, 0.5) is 8.78 Å². The van der Waals surface area contributed by atoms with Crippen LogP contribution in [-0.4, -0.2) is 0 Å². The van der Waals surface area contributed by atoms with Crippen molar-refractivity contribution in [3.8, 4) is 0 Å². The van der Waals surface area contributed by atoms with Crippen LogP contribution in [0.5, 0.6) is 0 Å². The third-order valence-corrected chi connectivity index (χ3v) is 7.79. The molecular weight excluding hydrogens is 350 g/mol. The van der Waals surface area contributed by atoms with Gasteiger partial charge in [-0.3, -0.25) is 0 Å². The fourth-order valence-electron chi connectivity index (χ4n) is 5.65. The lowest BCUT2D eigenvalue weighted by atomic mass is 9.74. The molecule has 2 aliphatic rings. The smallest absolute Gasteiger partial charge is 0.129 e. The second-order valence-electron chi connectivity index (χ2n) is 9.79. The van der Waals surface area contributed by atoms with Gasteiger partial charge in [-0.05, 0) is 74.0 Å². The van der Waals surface area contributed by atoms with Crippen LogP contribution in [0.3, 0.4) is 0 Å². The Bertz CT molecular complexity index is 569. The van der Waals surface area contributed by atoms with Gasteiger partial charge < -0.3 is 0 Å². The Kier molecular flexibility index (Phi) is 8.36. The average molecular weight is 391 g/mol. The van der Waals surface area contributed by atoms with Gasteiger partial charge in [0.15, 0.2) is 0 Å². The molecule has 2 saturated carbocycles. The second-order valence-corrected chi connectivity index (χ2v) is 9.79. The van der Waals surface area contributed by atoms with Gasteiger partial charge in [0.1, 0.15) is 11.6 Å². The minimum Gasteiger partial charge on any atom is -0.207 e. The molecule has 28 heavy (non-hydrogen) atoms. The molecular formula is C26H40F2. The van der Waals surface area contributed by atoms with Crippen molar-refractivity contribution >= 4 is 0 Å². The molecule has 158 valence electrons. The molecule has 0 radical (unpaired) electrons. The van der Waals surface area contributed by atoms with Gasteiger partial charge in [0, 0.05) is 5.56 Å². The second kappa shape index (κ2) is 10.7. The highest BCUT2D eigenvalue weighted by molar-refractivity contribution is 5.28. The van der Waals surface area contributed by atoms with E-state index >= 15 is 0 Å². The van der Waals surface area contributed by atoms with Gasteiger partial charge >= 0.3 is 0 Å². The molecule has 1 aromatic rings. The lowest BCUT2D eigenvalue weighted by Crippen LogP contribution is -2.18. The van der Waals surface area contributed by atoms with Gasteiger partial charge in [0.2, 0.25) is 0 Å². The summed E-state index contributed by atoms with van der Waals surface area (Å²) in [5.74, 6) is 2.37. The molecule has 2 heteroatoms. The number of hydrogen-bond acceptors (Lipinski definition) is 0. The maximum Gasteiger partial charge on any atom is 0.129 e. The number of halogens is 2. The van der Waals surface area contributed by atoms with Crippen LogP contribution in [0.1, 0.15) is 114 Å². The zero-order chi connectivity index (χ0) is 19.9. The molecule has 0 N–H and O–H groups in total. The number of unbranched alkanes of at least 4 members (excludes halogenated alkanes) is 2. The third-order valence-electron chi connectivity index (χ3n) is 7.79. The van der Waals surface area contributed by atoms with Gasteiger partial charge in [-0.25, -0.2) is 8.78 Å². The molecule has 0 saturated heterocycles. The normalized spacial score (nSPS) is 28.4. The van der Waals surface area contributed by atoms with Crippen LogP contribution in [0, 0.1) is 36.3 Å². The summed E-state index contributed by atoms with van der Waals surface area (Å²) in [6.45, 7) is 3.81. The van der Waals surface area contributed by atoms with Crippen LogP contribution in [-0.2, 0) is 0 Å². The Hall–Kier alpha value is -0.920. The maximum atomic E-state index is 13.9. The lowest BCUT2D eigenvalue weighted by molar-refractivity contribution is 0.222. The van der Waals surface area contributed by atoms with E-state index in [1.165, 1.54) is 84.0 Å². The van der Waals surface area contributed by atoms with Crippen LogP contribution >= 0.6 is 0 Å². The summed E-state index contributed by atoms with van der Waals surface area (Å²) >= 11 is 0. The zero-order valence-corrected chi connectivity index (χ0v) is 18.1. The van der Waals surface area contributed by atoms with Crippen molar-refractivity contribution in [1.82, 2.24) is 0 Å². The summed E-state index contributed by atoms with van der Waals surface area (Å²) in [6, 6.07) is 3.14. The Balaban J connectivity index is 1.35. The van der Waals surface area contributed by atoms with Gasteiger partial charge in [0.25, 0.3) is 0 Å². The predicted octanol–water partition coefficient (Wildman–Crippen LogP) is 8.71. The minimum atomic E-state index is -0.387. The van der Waals surface area contributed by atoms with Gasteiger partial charge in [0.05, 0.1) is 0 Å². The van der Waals surface area contributed by atoms with Crippen LogP contribution < -0.4 is 0 Å². The quantitative estimate of drug-likeness (QED) is 0.389. The lowest BCUT2D eigenvalue weighted by Gasteiger charge is -2.32. The minimum absolute atomic E-state index is 0.150. The molecule has 1 aromatic carbocycles. The van der Waals surface area contributed by atoms with Gasteiger partial charge in [-0.1, -0.05) is 71.1 Å². The summed E-state index contributed by atoms with van der Waals surface area (Å²) in [5, 5.41) is 0. The largest absolute Gasteiger partial charge is 0.207 e. The molecule has 0 aromatic heterocycles. The van der Waals surface area contributed by atoms with Crippen molar-refractivity contribution in [2.45, 2.75) is 110 Å². The highest BCUT2D eigenvalue weighted by Crippen LogP contribution is 2.40. The molecule has 0 amide bonds. The standard InChI is InChI=1S/C26H40F2/c1-3-4-5-6-20-7-9-21(10-8-20)11-12-22-13-15-23(16-14-22)24-17-25(27)19(2)26(28)18-24/h17-18,20-23H,3-16H2,1-2H3. The van der Waals surface area contributed by atoms with Crippen molar-refractivity contribution in [2.75, 3.05) is 0 Å². The van der Waals surface area contributed by atoms with E-state index in [9.17, 15) is 8.78 Å². The summed E-state index contributed by atoms with van der Waals surface area (Å²) in [4.78, 5) is 0. The van der Waals surface area contributed by atoms with E-state index in [-0.39, 0.29) is 17.2 Å². The van der Waals surface area contributed by atoms with Crippen molar-refractivity contribution < 1.29 is 8.78 Å². The van der Waals surface area contributed by atoms with Gasteiger partial charge in [-0.15, -0.1) is 0 Å². The Morgan fingerprint density at radius 2 is 1.18 bits per heavy atom. The van der Waals surface area contributed by atoms with E-state index in [4.69, 9.17) is 0 Å². The molecule has 3 rings (SSSR count). The topological polar surface area (TPSA) is 0 Å². The van der Waals surface area contributed by atoms with E-state index in [0.29, 0.717) is 5.92 Å². The molecule has 0 aliphatic heterocycles. The van der Waals surface area contributed by atoms with Crippen molar-refractivity contribution in [1.29, 1.82) is 0 Å². The van der Waals surface area contributed by atoms with E-state index in [2.05, 4.69) is 6.92 Å². The van der Waals surface area contributed by atoms with Crippen molar-refractivity contribution in [2.24, 2.45) is 17.8 Å². The van der Waals surface area contributed by atoms with Crippen LogP contribution in [0.25, 0.3) is 0 Å². The number of rotatable bonds is 8. The predicted molar refractivity (Wildman–Crippen MR) is 115 cm³/mol. The summed E-state index contributed by atoms with van der Waals surface area (Å²) < 4.78 is 27.7. The molecule has 0 bridgehead atoms. The Labute approximate surface area is 171 Å². The highest BCUT2D eigenvalue weighted by atomic mass is 19.1. The summed E-state index contributed by atoms with van der Waals surface area (Å²) in [5.41, 5.74) is 1.03. The molecule has 0 spiro atoms. The molecule has 0 heterocycles. The van der Waals surface area contributed by atoms with Crippen LogP contribution in [0.15, 0.2) is 12.1 Å². The summed E-state index contributed by atoms with van der Waals surface area (Å²) in [7, 11) is 0. The van der Waals surface area contributed by atoms with Crippen molar-refractivity contribution in [3.05, 3.63) is 34.9 Å². The molecule has 0 unspecified atom stereocenters. The first-order chi connectivity index (χ1) is 13.6. The monoisotopic (exact) mass is 390 g/mol. The summed E-state index contributed by atoms with van der Waals surface area (Å²) in [6.07, 6.45) is 18.9. The van der Waals surface area contributed by atoms with Crippen molar-refractivity contribution in [3.63, 3.8) is 0 Å². The van der Waals surface area contributed by atoms with Crippen LogP contribution in [0.2, 0.25) is 0 Å². The molecule has 0 nitrogen and oxygen atoms in total. The molecule has 2 fully saturated rings. The Morgan fingerprint density at radius 3 is 1.68 bits per heavy atom.